The van der Waals surface area contributed by atoms with Crippen LogP contribution in [0.25, 0.3) is 11.0 Å². The number of amides is 3. The standard InChI is InChI=1S/C34H40ClN9O6.C2HF3O2/c1-2-43-25-11-10-23(49-21-28(45)41-12-14-42(15-13-41)34(47)50-20-22-7-4-3-5-8-22)17-26(25)44(19-24-9-6-16-48-24)27(43)18-38-33(46)29-31(36)40-32(37)30(35)39-29;3-2(4,5)1(6)7/h3-5,7-8,10-11,17,24H,2,6,9,12-16,18-21H2,1H3,(H4-,36,37,38,40,46);(H,6,7)/t24-;/m0./s1. The second-order valence-corrected chi connectivity index (χ2v) is 13.2. The van der Waals surface area contributed by atoms with Crippen LogP contribution in [0.2, 0.25) is 5.15 Å². The normalized spacial score (nSPS) is 15.5. The highest BCUT2D eigenvalue weighted by Crippen LogP contribution is 2.25. The number of anilines is 2. The van der Waals surface area contributed by atoms with E-state index in [1.807, 2.05) is 55.5 Å². The Labute approximate surface area is 329 Å². The largest absolute Gasteiger partial charge is 0.542 e. The fraction of sp³-hybridized carbons (Fsp3) is 0.417. The molecule has 4 aromatic rings. The van der Waals surface area contributed by atoms with Crippen LogP contribution in [0, 0.1) is 0 Å². The highest BCUT2D eigenvalue weighted by Gasteiger charge is 2.31. The van der Waals surface area contributed by atoms with Gasteiger partial charge in [0.2, 0.25) is 0 Å². The Balaban J connectivity index is 0.000000811. The van der Waals surface area contributed by atoms with Gasteiger partial charge in [0.15, 0.2) is 40.1 Å². The molecular weight excluding hydrogens is 779 g/mol. The number of hydrogen-bond acceptors (Lipinski definition) is 12. The lowest BCUT2D eigenvalue weighted by Crippen LogP contribution is -2.51. The van der Waals surface area contributed by atoms with Gasteiger partial charge in [-0.05, 0) is 37.5 Å². The van der Waals surface area contributed by atoms with Crippen molar-refractivity contribution in [3.05, 3.63) is 70.8 Å². The molecule has 17 nitrogen and oxygen atoms in total. The van der Waals surface area contributed by atoms with Crippen molar-refractivity contribution in [2.75, 3.05) is 50.9 Å². The maximum atomic E-state index is 13.1. The molecule has 21 heteroatoms. The lowest BCUT2D eigenvalue weighted by Gasteiger charge is -2.34. The first-order chi connectivity index (χ1) is 27.2. The molecule has 2 aliphatic rings. The zero-order valence-electron chi connectivity index (χ0n) is 30.8. The summed E-state index contributed by atoms with van der Waals surface area (Å²) in [6, 6.07) is 15.2. The third kappa shape index (κ3) is 10.9. The minimum Gasteiger partial charge on any atom is -0.542 e. The van der Waals surface area contributed by atoms with E-state index in [2.05, 4.69) is 24.4 Å². The molecule has 2 saturated heterocycles. The average molecular weight is 820 g/mol. The summed E-state index contributed by atoms with van der Waals surface area (Å²) in [6.45, 7) is 5.63. The zero-order valence-corrected chi connectivity index (χ0v) is 31.6. The SMILES string of the molecule is CC[n+]1c(CNC(=O)c2nc(Cl)c(N)nc2N)n(C[C@@H]2CCCO2)c2cc(OCC(=O)N3CCN(C(=O)OCc4ccccc4)CC3)ccc21.O=C([O-])C(F)(F)F. The number of nitrogens with one attached hydrogen (secondary N) is 1. The second-order valence-electron chi connectivity index (χ2n) is 12.9. The number of halogens is 4. The number of carboxylic acids is 1. The van der Waals surface area contributed by atoms with Crippen molar-refractivity contribution < 1.29 is 56.2 Å². The van der Waals surface area contributed by atoms with Gasteiger partial charge >= 0.3 is 12.3 Å². The van der Waals surface area contributed by atoms with Crippen molar-refractivity contribution in [2.45, 2.75) is 58.3 Å². The summed E-state index contributed by atoms with van der Waals surface area (Å²) in [5.41, 5.74) is 14.2. The lowest BCUT2D eigenvalue weighted by atomic mass is 10.2. The highest BCUT2D eigenvalue weighted by molar-refractivity contribution is 6.31. The van der Waals surface area contributed by atoms with Gasteiger partial charge in [-0.15, -0.1) is 0 Å². The molecule has 2 aromatic heterocycles. The fourth-order valence-electron chi connectivity index (χ4n) is 6.24. The first-order valence-corrected chi connectivity index (χ1v) is 18.2. The molecule has 3 amide bonds. The molecule has 2 aromatic carbocycles. The number of carboxylic acid groups (broad SMARTS) is 1. The number of carbonyl (C=O) groups excluding carboxylic acids is 4. The number of nitrogen functional groups attached to an aromatic ring is 2. The van der Waals surface area contributed by atoms with Crippen molar-refractivity contribution in [1.29, 1.82) is 0 Å². The molecule has 0 saturated carbocycles. The molecule has 5 N–H and O–H groups in total. The van der Waals surface area contributed by atoms with Gasteiger partial charge in [0.05, 0.1) is 12.6 Å². The maximum absolute atomic E-state index is 13.1. The monoisotopic (exact) mass is 819 g/mol. The van der Waals surface area contributed by atoms with Crippen molar-refractivity contribution in [2.24, 2.45) is 0 Å². The van der Waals surface area contributed by atoms with E-state index < -0.39 is 24.1 Å². The molecule has 0 radical (unpaired) electrons. The second kappa shape index (κ2) is 18.8. The van der Waals surface area contributed by atoms with Crippen LogP contribution < -0.4 is 31.2 Å². The molecule has 6 rings (SSSR count). The highest BCUT2D eigenvalue weighted by atomic mass is 35.5. The number of hydrogen-bond donors (Lipinski definition) is 3. The summed E-state index contributed by atoms with van der Waals surface area (Å²) in [5.74, 6) is -2.54. The van der Waals surface area contributed by atoms with Gasteiger partial charge < -0.3 is 50.7 Å². The minimum absolute atomic E-state index is 0.00298. The van der Waals surface area contributed by atoms with Gasteiger partial charge in [-0.3, -0.25) is 9.59 Å². The minimum atomic E-state index is -5.19. The number of nitrogens with two attached hydrogens (primary N) is 2. The predicted octanol–water partition coefficient (Wildman–Crippen LogP) is 1.82. The molecule has 0 unspecified atom stereocenters. The molecule has 0 aliphatic carbocycles. The first-order valence-electron chi connectivity index (χ1n) is 17.8. The van der Waals surface area contributed by atoms with E-state index in [0.29, 0.717) is 51.6 Å². The number of fused-ring (bicyclic) bond motifs is 1. The van der Waals surface area contributed by atoms with Crippen molar-refractivity contribution >= 4 is 58.1 Å². The Morgan fingerprint density at radius 2 is 1.72 bits per heavy atom. The van der Waals surface area contributed by atoms with E-state index in [1.54, 1.807) is 9.80 Å². The summed E-state index contributed by atoms with van der Waals surface area (Å²) in [5, 5.41) is 11.6. The Hall–Kier alpha value is -5.89. The number of aliphatic carboxylic acids is 1. The Kier molecular flexibility index (Phi) is 14.0. The number of alkyl halides is 3. The topological polar surface area (TPSA) is 224 Å². The third-order valence-electron chi connectivity index (χ3n) is 9.09. The average Bonchev–Trinajstić information content (AvgIpc) is 3.82. The quantitative estimate of drug-likeness (QED) is 0.185. The number of imidazole rings is 1. The number of aryl methyl sites for hydroxylation is 1. The van der Waals surface area contributed by atoms with Gasteiger partial charge in [0.25, 0.3) is 17.6 Å². The van der Waals surface area contributed by atoms with E-state index in [-0.39, 0.29) is 54.3 Å². The van der Waals surface area contributed by atoms with Crippen LogP contribution in [-0.4, -0.2) is 99.9 Å². The molecule has 57 heavy (non-hydrogen) atoms. The van der Waals surface area contributed by atoms with Crippen LogP contribution in [-0.2, 0) is 45.3 Å². The third-order valence-corrected chi connectivity index (χ3v) is 9.37. The Bertz CT molecular complexity index is 2070. The van der Waals surface area contributed by atoms with E-state index in [0.717, 1.165) is 35.3 Å². The van der Waals surface area contributed by atoms with Crippen LogP contribution in [0.3, 0.4) is 0 Å². The summed E-state index contributed by atoms with van der Waals surface area (Å²) >= 11 is 6.01. The van der Waals surface area contributed by atoms with Crippen LogP contribution in [0.15, 0.2) is 48.5 Å². The van der Waals surface area contributed by atoms with Crippen LogP contribution in [0.5, 0.6) is 5.75 Å². The molecule has 1 atom stereocenters. The van der Waals surface area contributed by atoms with Crippen LogP contribution in [0.4, 0.5) is 29.6 Å². The number of benzene rings is 2. The van der Waals surface area contributed by atoms with Gasteiger partial charge in [-0.1, -0.05) is 41.9 Å². The smallest absolute Gasteiger partial charge is 0.430 e. The number of ether oxygens (including phenoxy) is 3. The van der Waals surface area contributed by atoms with Crippen molar-refractivity contribution in [3.8, 4) is 5.75 Å². The first kappa shape index (κ1) is 42.3. The molecule has 2 aliphatic heterocycles. The number of nitrogens with zero attached hydrogens (tertiary/aromatic N) is 6. The van der Waals surface area contributed by atoms with Crippen molar-refractivity contribution in [3.63, 3.8) is 0 Å². The van der Waals surface area contributed by atoms with Gasteiger partial charge in [0, 0.05) is 38.9 Å². The molecule has 0 spiro atoms. The number of rotatable bonds is 11. The summed E-state index contributed by atoms with van der Waals surface area (Å²) < 4.78 is 53.2. The van der Waals surface area contributed by atoms with Gasteiger partial charge in [-0.25, -0.2) is 23.9 Å². The van der Waals surface area contributed by atoms with E-state index in [4.69, 9.17) is 47.2 Å². The number of aromatic nitrogens is 4. The number of piperazine rings is 1. The van der Waals surface area contributed by atoms with Crippen molar-refractivity contribution in [1.82, 2.24) is 29.7 Å². The van der Waals surface area contributed by atoms with E-state index in [1.165, 1.54) is 0 Å². The van der Waals surface area contributed by atoms with E-state index >= 15 is 0 Å². The Morgan fingerprint density at radius 1 is 1.04 bits per heavy atom. The summed E-state index contributed by atoms with van der Waals surface area (Å²) in [4.78, 5) is 58.8. The van der Waals surface area contributed by atoms with Crippen LogP contribution in [0.1, 0.15) is 41.6 Å². The zero-order chi connectivity index (χ0) is 41.3. The summed E-state index contributed by atoms with van der Waals surface area (Å²) in [6.07, 6.45) is -3.70. The lowest BCUT2D eigenvalue weighted by molar-refractivity contribution is -0.676. The maximum Gasteiger partial charge on any atom is 0.430 e. The molecule has 0 bridgehead atoms. The van der Waals surface area contributed by atoms with Gasteiger partial charge in [0.1, 0.15) is 31.4 Å². The predicted molar refractivity (Wildman–Crippen MR) is 195 cm³/mol. The molecule has 306 valence electrons. The molecular formula is C36H41ClF3N9O8. The molecule has 2 fully saturated rings. The fourth-order valence-corrected chi connectivity index (χ4v) is 6.36. The number of carbonyl (C=O) groups is 4. The summed E-state index contributed by atoms with van der Waals surface area (Å²) in [7, 11) is 0. The van der Waals surface area contributed by atoms with E-state index in [9.17, 15) is 27.6 Å². The van der Waals surface area contributed by atoms with Gasteiger partial charge in [-0.2, -0.15) is 13.2 Å². The van der Waals surface area contributed by atoms with Crippen LogP contribution >= 0.6 is 11.6 Å². The molecule has 4 heterocycles. The Morgan fingerprint density at radius 3 is 2.35 bits per heavy atom.